The average Bonchev–Trinajstić information content (AvgIpc) is 1.37. The third-order valence-corrected chi connectivity index (χ3v) is 26.5. The summed E-state index contributed by atoms with van der Waals surface area (Å²) in [5.74, 6) is 1.87. The summed E-state index contributed by atoms with van der Waals surface area (Å²) in [5.41, 5.74) is 23.0. The lowest BCUT2D eigenvalue weighted by atomic mass is 9.73. The molecular weight excluding hydrogens is 1780 g/mol. The van der Waals surface area contributed by atoms with Gasteiger partial charge in [-0.3, -0.25) is 9.47 Å². The van der Waals surface area contributed by atoms with Crippen molar-refractivity contribution in [3.05, 3.63) is 425 Å². The predicted octanol–water partition coefficient (Wildman–Crippen LogP) is 29.9. The lowest BCUT2D eigenvalue weighted by Crippen LogP contribution is -2.31. The molecule has 0 amide bonds. The molecule has 0 spiro atoms. The van der Waals surface area contributed by atoms with E-state index in [2.05, 4.69) is 375 Å². The molecule has 2 aliphatic heterocycles. The number of fused-ring (bicyclic) bond motifs is 18. The number of hydrogen-bond acceptors (Lipinski definition) is 12. The third-order valence-electron chi connectivity index (χ3n) is 25.4. The molecule has 0 unspecified atom stereocenters. The van der Waals surface area contributed by atoms with Crippen LogP contribution in [0.5, 0.6) is 5.75 Å². The van der Waals surface area contributed by atoms with Crippen molar-refractivity contribution in [1.29, 1.82) is 0 Å². The van der Waals surface area contributed by atoms with Gasteiger partial charge in [-0.15, -0.1) is 0 Å². The summed E-state index contributed by atoms with van der Waals surface area (Å²) in [7, 11) is 0.685. The summed E-state index contributed by atoms with van der Waals surface area (Å²) < 4.78 is 7.98. The van der Waals surface area contributed by atoms with Crippen LogP contribution >= 0.6 is 45.8 Å². The Balaban J connectivity index is 0.000000118. The van der Waals surface area contributed by atoms with Crippen molar-refractivity contribution in [3.63, 3.8) is 0 Å². The molecule has 14 nitrogen and oxygen atoms in total. The molecule has 18 heteroatoms. The van der Waals surface area contributed by atoms with Crippen LogP contribution in [-0.4, -0.2) is 62.1 Å². The lowest BCUT2D eigenvalue weighted by molar-refractivity contribution is 0.454. The monoisotopic (exact) mass is 1860 g/mol. The minimum Gasteiger partial charge on any atom is -0.537 e. The molecule has 18 aromatic carbocycles. The van der Waals surface area contributed by atoms with Gasteiger partial charge in [-0.25, -0.2) is 39.9 Å². The number of aromatic nitrogens is 10. The highest BCUT2D eigenvalue weighted by atomic mass is 127. The predicted molar refractivity (Wildman–Crippen MR) is 555 cm³/mol. The highest BCUT2D eigenvalue weighted by Crippen LogP contribution is 2.55. The standard InChI is InChI=1S/C57H38N6.C21H18N2.C18H11ClN2.C10H8BO2.C8H4ClIN2/c1-57(2)45-22-10-14-26-50(45)63(56-59-48-24-12-8-21-43(48)54(61-56)40-30-28-36-16-4-6-18-38(36)32-40)52-34-51-44(33-46(52)57)41-19-9-13-25-49(41)62(51)55-58-47-23-11-7-20-42(47)53(60-55)39-29-27-35-15-3-5-17-37(35)31-39;1-21(2)15-8-4-6-10-18(15)23-20-12-19-14(11-16(20)21)13-7-3-5-9-17(13)22-19;19-18-20-16-8-4-3-7-15(16)17(21-18)14-10-9-12-5-1-2-6-13(12)11-14;12-11-13-10-6-5-8-3-1-2-4-9(8)7-10;9-8-11-6-4-2-1-3-5(6)7(10)12-8/h3-34H,1-2H3;3-12,22-23H,1-2H3;1-11H;1-7,12H;1-4H. The van der Waals surface area contributed by atoms with Crippen molar-refractivity contribution in [3.8, 4) is 45.5 Å². The van der Waals surface area contributed by atoms with E-state index >= 15 is 0 Å². The van der Waals surface area contributed by atoms with E-state index in [0.717, 1.165) is 125 Å². The number of halogens is 3. The van der Waals surface area contributed by atoms with E-state index in [9.17, 15) is 0 Å². The normalized spacial score (nSPS) is 12.7. The van der Waals surface area contributed by atoms with Crippen LogP contribution in [0.2, 0.25) is 10.6 Å². The molecule has 0 saturated carbocycles. The molecule has 631 valence electrons. The second-order valence-corrected chi connectivity index (χ2v) is 35.7. The van der Waals surface area contributed by atoms with Gasteiger partial charge in [-0.1, -0.05) is 313 Å². The summed E-state index contributed by atoms with van der Waals surface area (Å²) in [5, 5.41) is 31.0. The Hall–Kier alpha value is -15.3. The minimum absolute atomic E-state index is 0.0102. The van der Waals surface area contributed by atoms with E-state index in [-0.39, 0.29) is 16.1 Å². The van der Waals surface area contributed by atoms with Crippen LogP contribution in [0.4, 0.5) is 28.7 Å². The fourth-order valence-corrected chi connectivity index (χ4v) is 20.1. The first-order chi connectivity index (χ1) is 64.6. The molecule has 2 aliphatic rings. The van der Waals surface area contributed by atoms with Crippen LogP contribution in [0.25, 0.3) is 170 Å². The number of nitrogens with zero attached hydrogens (tertiary/aromatic N) is 10. The van der Waals surface area contributed by atoms with E-state index in [1.807, 2.05) is 103 Å². The largest absolute Gasteiger partial charge is 0.569 e. The Kier molecular flexibility index (Phi) is 21.4. The Labute approximate surface area is 784 Å². The van der Waals surface area contributed by atoms with E-state index in [0.29, 0.717) is 30.6 Å². The fourth-order valence-electron chi connectivity index (χ4n) is 18.9. The summed E-state index contributed by atoms with van der Waals surface area (Å²) >= 11 is 13.9. The van der Waals surface area contributed by atoms with Gasteiger partial charge in [0.25, 0.3) is 0 Å². The second-order valence-electron chi connectivity index (χ2n) is 34.0. The Morgan fingerprint density at radius 3 is 1.33 bits per heavy atom. The molecule has 24 aromatic rings. The van der Waals surface area contributed by atoms with Crippen LogP contribution in [-0.2, 0) is 10.8 Å². The third kappa shape index (κ3) is 15.3. The maximum atomic E-state index is 8.44. The Morgan fingerprint density at radius 2 is 0.742 bits per heavy atom. The van der Waals surface area contributed by atoms with Crippen LogP contribution in [0.15, 0.2) is 388 Å². The zero-order chi connectivity index (χ0) is 89.3. The van der Waals surface area contributed by atoms with Crippen molar-refractivity contribution in [1.82, 2.24) is 49.4 Å². The molecule has 1 radical (unpaired) electrons. The van der Waals surface area contributed by atoms with Crippen LogP contribution in [0.3, 0.4) is 0 Å². The molecule has 6 aromatic heterocycles. The van der Waals surface area contributed by atoms with Gasteiger partial charge >= 0.3 is 7.69 Å². The van der Waals surface area contributed by atoms with Crippen molar-refractivity contribution >= 4 is 212 Å². The number of aromatic amines is 1. The highest BCUT2D eigenvalue weighted by molar-refractivity contribution is 14.1. The summed E-state index contributed by atoms with van der Waals surface area (Å²) in [6.07, 6.45) is 0. The molecule has 26 rings (SSSR count). The van der Waals surface area contributed by atoms with Gasteiger partial charge in [0.2, 0.25) is 22.5 Å². The first-order valence-corrected chi connectivity index (χ1v) is 45.5. The Morgan fingerprint density at radius 1 is 0.311 bits per heavy atom. The molecule has 132 heavy (non-hydrogen) atoms. The molecule has 0 saturated heterocycles. The number of rotatable bonds is 7. The van der Waals surface area contributed by atoms with Crippen molar-refractivity contribution < 1.29 is 9.68 Å². The van der Waals surface area contributed by atoms with Gasteiger partial charge in [-0.05, 0) is 214 Å². The Bertz CT molecular complexity index is 8720. The molecule has 0 fully saturated rings. The van der Waals surface area contributed by atoms with Gasteiger partial charge < -0.3 is 20.0 Å². The van der Waals surface area contributed by atoms with Crippen molar-refractivity contribution in [2.45, 2.75) is 38.5 Å². The van der Waals surface area contributed by atoms with Gasteiger partial charge in [0.15, 0.2) is 0 Å². The molecular formula is C114H79BCl2IN12O2. The van der Waals surface area contributed by atoms with E-state index in [1.165, 1.54) is 87.8 Å². The summed E-state index contributed by atoms with van der Waals surface area (Å²) in [6.45, 7) is 9.28. The molecule has 8 heterocycles. The number of anilines is 5. The molecule has 3 N–H and O–H groups in total. The van der Waals surface area contributed by atoms with Crippen molar-refractivity contribution in [2.24, 2.45) is 0 Å². The number of nitrogens with one attached hydrogen (secondary N) is 2. The summed E-state index contributed by atoms with van der Waals surface area (Å²) in [6, 6.07) is 135. The van der Waals surface area contributed by atoms with Crippen LogP contribution < -0.4 is 14.9 Å². The highest BCUT2D eigenvalue weighted by Gasteiger charge is 2.40. The number of H-pyrrole nitrogens is 1. The number of hydrogen-bond donors (Lipinski definition) is 3. The fraction of sp³-hybridized carbons (Fsp3) is 0.0526. The van der Waals surface area contributed by atoms with Gasteiger partial charge in [0, 0.05) is 93.0 Å². The van der Waals surface area contributed by atoms with Crippen LogP contribution in [0.1, 0.15) is 49.9 Å². The maximum absolute atomic E-state index is 8.44. The van der Waals surface area contributed by atoms with E-state index < -0.39 is 0 Å². The number of para-hydroxylation sites is 8. The van der Waals surface area contributed by atoms with Gasteiger partial charge in [0.05, 0.1) is 61.6 Å². The topological polar surface area (TPSA) is 169 Å². The quantitative estimate of drug-likeness (QED) is 0.0599. The van der Waals surface area contributed by atoms with E-state index in [4.69, 9.17) is 52.8 Å². The van der Waals surface area contributed by atoms with E-state index in [1.54, 1.807) is 0 Å². The smallest absolute Gasteiger partial charge is 0.537 e. The zero-order valence-electron chi connectivity index (χ0n) is 72.0. The zero-order valence-corrected chi connectivity index (χ0v) is 75.7. The second kappa shape index (κ2) is 34.3. The molecule has 0 bridgehead atoms. The minimum atomic E-state index is -0.347. The first-order valence-electron chi connectivity index (χ1n) is 43.6. The number of benzene rings is 18. The lowest BCUT2D eigenvalue weighted by Gasteiger charge is -2.41. The molecule has 0 aliphatic carbocycles. The maximum Gasteiger partial charge on any atom is 0.569 e. The van der Waals surface area contributed by atoms with Gasteiger partial charge in [0.1, 0.15) is 9.45 Å². The van der Waals surface area contributed by atoms with Crippen molar-refractivity contribution in [2.75, 3.05) is 10.2 Å². The van der Waals surface area contributed by atoms with Crippen LogP contribution in [0, 0.1) is 3.70 Å². The average molecular weight is 1860 g/mol. The molecule has 0 atom stereocenters. The van der Waals surface area contributed by atoms with Gasteiger partial charge in [-0.2, -0.15) is 0 Å². The first kappa shape index (κ1) is 82.4. The SMILES string of the molecule is CC1(C)c2ccccc2N(c2nc(-c3ccc4ccccc4c3)c3ccccc3n2)c2cc3c(cc21)c1ccccc1n3-c1nc(-c2ccc3ccccc3c2)c2ccccc2n1.CC1(C)c2ccccc2Nc2cc3[nH]c4ccccc4c3cc21.Clc1nc(-c2ccc3ccccc3c2)c2ccccc2n1.Clc1nc(I)c2ccccc2n1.O[B]Oc1ccc2ccccc2c1. The summed E-state index contributed by atoms with van der Waals surface area (Å²) in [4.78, 5) is 44.4.